The Kier molecular flexibility index (Phi) is 4.21. The molecule has 1 aliphatic heterocycles. The summed E-state index contributed by atoms with van der Waals surface area (Å²) in [6.07, 6.45) is 2.91. The van der Waals surface area contributed by atoms with E-state index in [0.717, 1.165) is 18.7 Å². The molecule has 0 saturated carbocycles. The van der Waals surface area contributed by atoms with Crippen molar-refractivity contribution in [3.8, 4) is 0 Å². The van der Waals surface area contributed by atoms with Crippen LogP contribution in [0.5, 0.6) is 0 Å². The molecule has 2 heterocycles. The van der Waals surface area contributed by atoms with E-state index in [0.29, 0.717) is 24.8 Å². The second-order valence-electron chi connectivity index (χ2n) is 4.39. The van der Waals surface area contributed by atoms with Gasteiger partial charge in [-0.2, -0.15) is 4.31 Å². The monoisotopic (exact) mass is 289 g/mol. The third kappa shape index (κ3) is 3.41. The molecule has 0 N–H and O–H groups in total. The summed E-state index contributed by atoms with van der Waals surface area (Å²) in [5.41, 5.74) is 0.979. The van der Waals surface area contributed by atoms with E-state index in [-0.39, 0.29) is 0 Å². The van der Waals surface area contributed by atoms with Gasteiger partial charge >= 0.3 is 0 Å². The van der Waals surface area contributed by atoms with Crippen molar-refractivity contribution in [2.75, 3.05) is 32.4 Å². The van der Waals surface area contributed by atoms with Gasteiger partial charge in [-0.1, -0.05) is 17.7 Å². The molecule has 1 saturated heterocycles. The van der Waals surface area contributed by atoms with Crippen molar-refractivity contribution >= 4 is 21.6 Å². The molecule has 7 heteroatoms. The molecule has 0 spiro atoms. The largest absolute Gasteiger partial charge is 0.296 e. The second-order valence-corrected chi connectivity index (χ2v) is 6.73. The average molecular weight is 290 g/mol. The summed E-state index contributed by atoms with van der Waals surface area (Å²) in [7, 11) is -3.06. The van der Waals surface area contributed by atoms with Crippen molar-refractivity contribution in [1.29, 1.82) is 0 Å². The molecular formula is C11H16ClN3O2S. The van der Waals surface area contributed by atoms with Crippen LogP contribution in [0, 0.1) is 0 Å². The number of nitrogens with zero attached hydrogens (tertiary/aromatic N) is 3. The molecule has 18 heavy (non-hydrogen) atoms. The maximum Gasteiger partial charge on any atom is 0.211 e. The number of hydrogen-bond acceptors (Lipinski definition) is 4. The minimum atomic E-state index is -3.06. The number of pyridine rings is 1. The third-order valence-corrected chi connectivity index (χ3v) is 4.67. The lowest BCUT2D eigenvalue weighted by molar-refractivity contribution is 0.182. The Morgan fingerprint density at radius 1 is 1.33 bits per heavy atom. The van der Waals surface area contributed by atoms with Crippen molar-refractivity contribution in [1.82, 2.24) is 14.2 Å². The smallest absolute Gasteiger partial charge is 0.211 e. The van der Waals surface area contributed by atoms with Gasteiger partial charge in [0.25, 0.3) is 0 Å². The van der Waals surface area contributed by atoms with E-state index in [9.17, 15) is 8.42 Å². The van der Waals surface area contributed by atoms with Gasteiger partial charge < -0.3 is 0 Å². The minimum absolute atomic E-state index is 0.517. The molecule has 5 nitrogen and oxygen atoms in total. The molecule has 0 bridgehead atoms. The van der Waals surface area contributed by atoms with Gasteiger partial charge in [0.2, 0.25) is 10.0 Å². The number of rotatable bonds is 3. The fourth-order valence-electron chi connectivity index (χ4n) is 2.00. The lowest BCUT2D eigenvalue weighted by atomic mass is 10.2. The van der Waals surface area contributed by atoms with Crippen LogP contribution >= 0.6 is 11.6 Å². The topological polar surface area (TPSA) is 53.5 Å². The molecule has 1 aromatic heterocycles. The van der Waals surface area contributed by atoms with Crippen molar-refractivity contribution in [3.63, 3.8) is 0 Å². The van der Waals surface area contributed by atoms with Crippen LogP contribution in [0.1, 0.15) is 5.56 Å². The van der Waals surface area contributed by atoms with E-state index in [4.69, 9.17) is 11.6 Å². The Bertz CT molecular complexity index is 513. The molecule has 0 atom stereocenters. The van der Waals surface area contributed by atoms with Gasteiger partial charge in [0.05, 0.1) is 6.26 Å². The summed E-state index contributed by atoms with van der Waals surface area (Å²) in [6, 6.07) is 3.80. The lowest BCUT2D eigenvalue weighted by Gasteiger charge is -2.33. The summed E-state index contributed by atoms with van der Waals surface area (Å²) in [5.74, 6) is 0. The van der Waals surface area contributed by atoms with Crippen molar-refractivity contribution in [2.24, 2.45) is 0 Å². The number of halogens is 1. The predicted molar refractivity (Wildman–Crippen MR) is 70.9 cm³/mol. The molecule has 1 aliphatic rings. The molecule has 0 amide bonds. The van der Waals surface area contributed by atoms with Gasteiger partial charge in [0, 0.05) is 44.5 Å². The first-order chi connectivity index (χ1) is 8.47. The number of hydrogen-bond donors (Lipinski definition) is 0. The minimum Gasteiger partial charge on any atom is -0.296 e. The maximum atomic E-state index is 11.4. The molecule has 0 aromatic carbocycles. The van der Waals surface area contributed by atoms with Gasteiger partial charge in [0.15, 0.2) is 0 Å². The van der Waals surface area contributed by atoms with Crippen molar-refractivity contribution < 1.29 is 8.42 Å². The average Bonchev–Trinajstić information content (AvgIpc) is 2.32. The molecular weight excluding hydrogens is 274 g/mol. The lowest BCUT2D eigenvalue weighted by Crippen LogP contribution is -2.47. The summed E-state index contributed by atoms with van der Waals surface area (Å²) >= 11 is 6.00. The van der Waals surface area contributed by atoms with Crippen molar-refractivity contribution in [3.05, 3.63) is 29.0 Å². The molecule has 0 radical (unpaired) electrons. The highest BCUT2D eigenvalue weighted by atomic mass is 35.5. The Morgan fingerprint density at radius 2 is 2.00 bits per heavy atom. The Balaban J connectivity index is 1.94. The van der Waals surface area contributed by atoms with Crippen LogP contribution in [0.2, 0.25) is 5.15 Å². The van der Waals surface area contributed by atoms with Crippen molar-refractivity contribution in [2.45, 2.75) is 6.54 Å². The molecule has 100 valence electrons. The zero-order chi connectivity index (χ0) is 13.2. The van der Waals surface area contributed by atoms with E-state index < -0.39 is 10.0 Å². The van der Waals surface area contributed by atoms with E-state index in [1.165, 1.54) is 10.6 Å². The first-order valence-corrected chi connectivity index (χ1v) is 7.96. The van der Waals surface area contributed by atoms with Gasteiger partial charge in [-0.15, -0.1) is 0 Å². The number of sulfonamides is 1. The zero-order valence-electron chi connectivity index (χ0n) is 10.2. The third-order valence-electron chi connectivity index (χ3n) is 3.03. The highest BCUT2D eigenvalue weighted by Gasteiger charge is 2.23. The van der Waals surface area contributed by atoms with Gasteiger partial charge in [-0.25, -0.2) is 13.4 Å². The summed E-state index contributed by atoms with van der Waals surface area (Å²) < 4.78 is 24.3. The van der Waals surface area contributed by atoms with Crippen LogP contribution < -0.4 is 0 Å². The predicted octanol–water partition coefficient (Wildman–Crippen LogP) is 0.812. The van der Waals surface area contributed by atoms with Crippen LogP contribution in [0.4, 0.5) is 0 Å². The fourth-order valence-corrected chi connectivity index (χ4v) is 3.00. The van der Waals surface area contributed by atoms with Crippen LogP contribution in [0.25, 0.3) is 0 Å². The molecule has 0 unspecified atom stereocenters. The normalized spacial score (nSPS) is 19.0. The fraction of sp³-hybridized carbons (Fsp3) is 0.545. The standard InChI is InChI=1S/C11H16ClN3O2S/c1-18(16,17)15-7-5-14(6-8-15)9-10-3-2-4-13-11(10)12/h2-4H,5-9H2,1H3. The highest BCUT2D eigenvalue weighted by Crippen LogP contribution is 2.15. The zero-order valence-corrected chi connectivity index (χ0v) is 11.8. The van der Waals surface area contributed by atoms with Gasteiger partial charge in [-0.05, 0) is 6.07 Å². The quantitative estimate of drug-likeness (QED) is 0.773. The van der Waals surface area contributed by atoms with E-state index >= 15 is 0 Å². The molecule has 1 fully saturated rings. The summed E-state index contributed by atoms with van der Waals surface area (Å²) in [6.45, 7) is 3.23. The van der Waals surface area contributed by atoms with Crippen LogP contribution in [0.15, 0.2) is 18.3 Å². The molecule has 2 rings (SSSR count). The Labute approximate surface area is 112 Å². The molecule has 1 aromatic rings. The first kappa shape index (κ1) is 13.7. The molecule has 0 aliphatic carbocycles. The highest BCUT2D eigenvalue weighted by molar-refractivity contribution is 7.88. The summed E-state index contributed by atoms with van der Waals surface area (Å²) in [4.78, 5) is 6.22. The Morgan fingerprint density at radius 3 is 2.56 bits per heavy atom. The number of piperazine rings is 1. The van der Waals surface area contributed by atoms with E-state index in [2.05, 4.69) is 9.88 Å². The SMILES string of the molecule is CS(=O)(=O)N1CCN(Cc2cccnc2Cl)CC1. The first-order valence-electron chi connectivity index (χ1n) is 5.73. The van der Waals surface area contributed by atoms with Gasteiger partial charge in [-0.3, -0.25) is 4.90 Å². The van der Waals surface area contributed by atoms with Crippen LogP contribution in [0.3, 0.4) is 0 Å². The second kappa shape index (κ2) is 5.52. The van der Waals surface area contributed by atoms with E-state index in [1.54, 1.807) is 6.20 Å². The van der Waals surface area contributed by atoms with Crippen LogP contribution in [-0.4, -0.2) is 55.0 Å². The van der Waals surface area contributed by atoms with Crippen LogP contribution in [-0.2, 0) is 16.6 Å². The van der Waals surface area contributed by atoms with E-state index in [1.807, 2.05) is 12.1 Å². The summed E-state index contributed by atoms with van der Waals surface area (Å²) in [5, 5.41) is 0.517. The number of aromatic nitrogens is 1. The Hall–Kier alpha value is -0.690. The maximum absolute atomic E-state index is 11.4. The van der Waals surface area contributed by atoms with Gasteiger partial charge in [0.1, 0.15) is 5.15 Å².